The van der Waals surface area contributed by atoms with Crippen LogP contribution in [0.5, 0.6) is 0 Å². The van der Waals surface area contributed by atoms with E-state index in [9.17, 15) is 14.4 Å². The number of hydrogen-bond acceptors (Lipinski definition) is 4. The summed E-state index contributed by atoms with van der Waals surface area (Å²) in [6.45, 7) is 1.68. The molecule has 196 valence electrons. The summed E-state index contributed by atoms with van der Waals surface area (Å²) in [6.07, 6.45) is 8.92. The molecular weight excluding hydrogens is 456 g/mol. The van der Waals surface area contributed by atoms with Crippen molar-refractivity contribution in [2.45, 2.75) is 82.2 Å². The van der Waals surface area contributed by atoms with E-state index in [0.29, 0.717) is 50.7 Å². The zero-order chi connectivity index (χ0) is 25.5. The number of nitrogens with zero attached hydrogens (tertiary/aromatic N) is 3. The predicted octanol–water partition coefficient (Wildman–Crippen LogP) is 2.71. The van der Waals surface area contributed by atoms with E-state index in [1.165, 1.54) is 16.9 Å². The van der Waals surface area contributed by atoms with Crippen LogP contribution in [0, 0.1) is 5.92 Å². The fourth-order valence-corrected chi connectivity index (χ4v) is 5.97. The second kappa shape index (κ2) is 12.2. The molecule has 5 N–H and O–H groups in total. The number of guanidine groups is 1. The predicted molar refractivity (Wildman–Crippen MR) is 139 cm³/mol. The average Bonchev–Trinajstić information content (AvgIpc) is 3.18. The molecule has 0 radical (unpaired) electrons. The van der Waals surface area contributed by atoms with Gasteiger partial charge in [-0.3, -0.25) is 14.6 Å². The lowest BCUT2D eigenvalue weighted by Crippen LogP contribution is -2.53. The largest absolute Gasteiger partial charge is 0.370 e. The summed E-state index contributed by atoms with van der Waals surface area (Å²) in [4.78, 5) is 47.2. The normalized spacial score (nSPS) is 22.4. The Morgan fingerprint density at radius 1 is 1.03 bits per heavy atom. The second-order valence-electron chi connectivity index (χ2n) is 10.4. The first-order valence-electron chi connectivity index (χ1n) is 13.5. The van der Waals surface area contributed by atoms with E-state index in [4.69, 9.17) is 11.5 Å². The number of urea groups is 1. The third kappa shape index (κ3) is 6.36. The average molecular weight is 497 g/mol. The third-order valence-corrected chi connectivity index (χ3v) is 7.95. The van der Waals surface area contributed by atoms with Gasteiger partial charge in [-0.15, -0.1) is 0 Å². The van der Waals surface area contributed by atoms with Crippen molar-refractivity contribution >= 4 is 23.8 Å². The fraction of sp³-hybridized carbons (Fsp3) is 0.630. The van der Waals surface area contributed by atoms with Crippen LogP contribution < -0.4 is 16.8 Å². The minimum absolute atomic E-state index is 0.00703. The second-order valence-corrected chi connectivity index (χ2v) is 10.4. The molecule has 0 unspecified atom stereocenters. The van der Waals surface area contributed by atoms with Gasteiger partial charge in [0.25, 0.3) is 5.91 Å². The molecule has 1 aliphatic carbocycles. The van der Waals surface area contributed by atoms with Gasteiger partial charge in [0.1, 0.15) is 12.1 Å². The maximum absolute atomic E-state index is 13.8. The highest BCUT2D eigenvalue weighted by Gasteiger charge is 2.46. The molecule has 3 fully saturated rings. The highest BCUT2D eigenvalue weighted by atomic mass is 16.2. The number of aliphatic imine (C=N–C) groups is 1. The molecule has 2 heterocycles. The number of likely N-dealkylation sites (tertiary alicyclic amines) is 1. The van der Waals surface area contributed by atoms with Crippen molar-refractivity contribution in [2.75, 3.05) is 19.6 Å². The molecule has 36 heavy (non-hydrogen) atoms. The number of amides is 4. The van der Waals surface area contributed by atoms with Gasteiger partial charge in [0.2, 0.25) is 5.91 Å². The zero-order valence-electron chi connectivity index (χ0n) is 21.1. The summed E-state index contributed by atoms with van der Waals surface area (Å²) >= 11 is 0. The van der Waals surface area contributed by atoms with E-state index < -0.39 is 18.1 Å². The first-order valence-corrected chi connectivity index (χ1v) is 13.5. The molecule has 1 aromatic carbocycles. The minimum atomic E-state index is -0.739. The van der Waals surface area contributed by atoms with Crippen molar-refractivity contribution in [2.24, 2.45) is 22.4 Å². The van der Waals surface area contributed by atoms with Crippen molar-refractivity contribution < 1.29 is 14.4 Å². The minimum Gasteiger partial charge on any atom is -0.370 e. The Kier molecular flexibility index (Phi) is 8.83. The van der Waals surface area contributed by atoms with Gasteiger partial charge >= 0.3 is 6.03 Å². The van der Waals surface area contributed by atoms with E-state index in [0.717, 1.165) is 38.5 Å². The quantitative estimate of drug-likeness (QED) is 0.209. The first-order chi connectivity index (χ1) is 17.4. The Labute approximate surface area is 213 Å². The smallest absolute Gasteiger partial charge is 0.325 e. The van der Waals surface area contributed by atoms with Gasteiger partial charge in [-0.2, -0.15) is 0 Å². The SMILES string of the molecule is NC(N)=NCCC[C@H]1NC(=O)N([C@H](CC2CCCCC2)C(=O)N2CCC(c3ccccc3)CC2)C1=O. The molecule has 0 aromatic heterocycles. The molecule has 1 saturated carbocycles. The van der Waals surface area contributed by atoms with Gasteiger partial charge in [-0.1, -0.05) is 62.4 Å². The van der Waals surface area contributed by atoms with E-state index in [-0.39, 0.29) is 17.8 Å². The topological polar surface area (TPSA) is 134 Å². The number of nitrogens with one attached hydrogen (secondary N) is 1. The molecular formula is C27H40N6O3. The van der Waals surface area contributed by atoms with Crippen molar-refractivity contribution in [1.29, 1.82) is 0 Å². The number of rotatable bonds is 9. The molecule has 0 spiro atoms. The van der Waals surface area contributed by atoms with Gasteiger partial charge in [-0.05, 0) is 49.5 Å². The Morgan fingerprint density at radius 2 is 1.72 bits per heavy atom. The summed E-state index contributed by atoms with van der Waals surface area (Å²) in [6, 6.07) is 8.58. The maximum atomic E-state index is 13.8. The van der Waals surface area contributed by atoms with Crippen LogP contribution in [0.15, 0.2) is 35.3 Å². The number of imide groups is 1. The van der Waals surface area contributed by atoms with E-state index >= 15 is 0 Å². The molecule has 9 nitrogen and oxygen atoms in total. The van der Waals surface area contributed by atoms with Gasteiger partial charge < -0.3 is 21.7 Å². The van der Waals surface area contributed by atoms with Crippen LogP contribution in [0.1, 0.15) is 75.7 Å². The standard InChI is InChI=1S/C27H40N6O3/c28-26(29)30-15-7-12-22-24(34)33(27(36)31-22)23(18-19-8-3-1-4-9-19)25(35)32-16-13-21(14-17-32)20-10-5-2-6-11-20/h2,5-6,10-11,19,21-23H,1,3-4,7-9,12-18H2,(H,31,36)(H4,28,29,30)/t22-,23-/m1/s1. The van der Waals surface area contributed by atoms with Crippen LogP contribution >= 0.6 is 0 Å². The number of piperidine rings is 1. The summed E-state index contributed by atoms with van der Waals surface area (Å²) in [5.74, 6) is 0.400. The zero-order valence-corrected chi connectivity index (χ0v) is 21.1. The van der Waals surface area contributed by atoms with Gasteiger partial charge in [0.15, 0.2) is 5.96 Å². The number of benzene rings is 1. The van der Waals surface area contributed by atoms with Crippen molar-refractivity contribution in [1.82, 2.24) is 15.1 Å². The summed E-state index contributed by atoms with van der Waals surface area (Å²) < 4.78 is 0. The van der Waals surface area contributed by atoms with Gasteiger partial charge in [-0.25, -0.2) is 9.69 Å². The van der Waals surface area contributed by atoms with Crippen LogP contribution in [0.4, 0.5) is 4.79 Å². The molecule has 9 heteroatoms. The summed E-state index contributed by atoms with van der Waals surface area (Å²) in [7, 11) is 0. The Balaban J connectivity index is 1.44. The molecule has 1 aromatic rings. The first kappa shape index (κ1) is 26.0. The highest BCUT2D eigenvalue weighted by Crippen LogP contribution is 2.33. The fourth-order valence-electron chi connectivity index (χ4n) is 5.97. The third-order valence-electron chi connectivity index (χ3n) is 7.95. The molecule has 2 aliphatic heterocycles. The molecule has 2 saturated heterocycles. The van der Waals surface area contributed by atoms with Gasteiger partial charge in [0, 0.05) is 19.6 Å². The highest BCUT2D eigenvalue weighted by molar-refractivity contribution is 6.07. The lowest BCUT2D eigenvalue weighted by Gasteiger charge is -2.37. The molecule has 0 bridgehead atoms. The van der Waals surface area contributed by atoms with E-state index in [1.807, 2.05) is 11.0 Å². The number of nitrogens with two attached hydrogens (primary N) is 2. The van der Waals surface area contributed by atoms with Crippen LogP contribution in [0.3, 0.4) is 0 Å². The lowest BCUT2D eigenvalue weighted by atomic mass is 9.83. The molecule has 4 rings (SSSR count). The monoisotopic (exact) mass is 496 g/mol. The Hall–Kier alpha value is -3.10. The van der Waals surface area contributed by atoms with Crippen LogP contribution in [0.2, 0.25) is 0 Å². The van der Waals surface area contributed by atoms with Crippen LogP contribution in [0.25, 0.3) is 0 Å². The maximum Gasteiger partial charge on any atom is 0.325 e. The summed E-state index contributed by atoms with van der Waals surface area (Å²) in [5, 5.41) is 2.80. The van der Waals surface area contributed by atoms with E-state index in [1.54, 1.807) is 0 Å². The molecule has 4 amide bonds. The molecule has 2 atom stereocenters. The molecule has 3 aliphatic rings. The number of hydrogen-bond donors (Lipinski definition) is 3. The van der Waals surface area contributed by atoms with Crippen molar-refractivity contribution in [3.63, 3.8) is 0 Å². The van der Waals surface area contributed by atoms with Gasteiger partial charge in [0.05, 0.1) is 0 Å². The van der Waals surface area contributed by atoms with E-state index in [2.05, 4.69) is 34.6 Å². The Morgan fingerprint density at radius 3 is 2.39 bits per heavy atom. The van der Waals surface area contributed by atoms with Crippen LogP contribution in [-0.4, -0.2) is 65.3 Å². The van der Waals surface area contributed by atoms with Crippen LogP contribution in [-0.2, 0) is 9.59 Å². The number of carbonyl (C=O) groups is 3. The summed E-state index contributed by atoms with van der Waals surface area (Å²) in [5.41, 5.74) is 12.1. The van der Waals surface area contributed by atoms with Crippen molar-refractivity contribution in [3.8, 4) is 0 Å². The Bertz CT molecular complexity index is 934. The lowest BCUT2D eigenvalue weighted by molar-refractivity contribution is -0.143. The van der Waals surface area contributed by atoms with Crippen molar-refractivity contribution in [3.05, 3.63) is 35.9 Å². The number of carbonyl (C=O) groups excluding carboxylic acids is 3.